The van der Waals surface area contributed by atoms with Crippen molar-refractivity contribution in [2.75, 3.05) is 26.2 Å². The summed E-state index contributed by atoms with van der Waals surface area (Å²) in [6.07, 6.45) is 7.13. The van der Waals surface area contributed by atoms with Crippen LogP contribution < -0.4 is 0 Å². The molecule has 0 aliphatic carbocycles. The molecule has 0 saturated carbocycles. The first-order valence-corrected chi connectivity index (χ1v) is 10.3. The van der Waals surface area contributed by atoms with Gasteiger partial charge in [-0.2, -0.15) is 5.10 Å². The second-order valence-corrected chi connectivity index (χ2v) is 8.06. The molecular formula is C22H28N4O2. The Hall–Kier alpha value is -2.63. The monoisotopic (exact) mass is 380 g/mol. The number of likely N-dealkylation sites (tertiary alicyclic amines) is 2. The van der Waals surface area contributed by atoms with Crippen LogP contribution in [-0.4, -0.2) is 57.6 Å². The summed E-state index contributed by atoms with van der Waals surface area (Å²) in [5, 5.41) is 4.35. The van der Waals surface area contributed by atoms with Gasteiger partial charge in [-0.05, 0) is 31.2 Å². The number of benzene rings is 1. The maximum Gasteiger partial charge on any atom is 0.257 e. The van der Waals surface area contributed by atoms with Crippen molar-refractivity contribution in [3.8, 4) is 0 Å². The smallest absolute Gasteiger partial charge is 0.257 e. The fourth-order valence-electron chi connectivity index (χ4n) is 4.57. The van der Waals surface area contributed by atoms with Crippen LogP contribution in [-0.2, 0) is 11.3 Å². The van der Waals surface area contributed by atoms with Crippen molar-refractivity contribution < 1.29 is 9.59 Å². The molecule has 0 radical (unpaired) electrons. The zero-order valence-corrected chi connectivity index (χ0v) is 16.5. The van der Waals surface area contributed by atoms with Gasteiger partial charge in [-0.25, -0.2) is 0 Å². The van der Waals surface area contributed by atoms with Crippen molar-refractivity contribution in [3.05, 3.63) is 53.9 Å². The molecule has 2 amide bonds. The van der Waals surface area contributed by atoms with Gasteiger partial charge < -0.3 is 9.80 Å². The van der Waals surface area contributed by atoms with Crippen molar-refractivity contribution in [1.29, 1.82) is 0 Å². The lowest BCUT2D eigenvalue weighted by molar-refractivity contribution is -0.145. The number of nitrogens with zero attached hydrogens (tertiary/aromatic N) is 4. The van der Waals surface area contributed by atoms with E-state index in [2.05, 4.69) is 12.0 Å². The number of hydrogen-bond acceptors (Lipinski definition) is 3. The molecule has 0 bridgehead atoms. The first-order chi connectivity index (χ1) is 13.6. The van der Waals surface area contributed by atoms with E-state index in [1.54, 1.807) is 10.9 Å². The highest BCUT2D eigenvalue weighted by molar-refractivity contribution is 5.95. The topological polar surface area (TPSA) is 58.4 Å². The number of carbonyl (C=O) groups is 2. The van der Waals surface area contributed by atoms with E-state index in [1.807, 2.05) is 46.3 Å². The molecule has 148 valence electrons. The van der Waals surface area contributed by atoms with Gasteiger partial charge in [0, 0.05) is 32.4 Å². The van der Waals surface area contributed by atoms with Gasteiger partial charge in [-0.15, -0.1) is 0 Å². The van der Waals surface area contributed by atoms with E-state index in [1.165, 1.54) is 0 Å². The van der Waals surface area contributed by atoms with Crippen LogP contribution in [0, 0.1) is 5.41 Å². The summed E-state index contributed by atoms with van der Waals surface area (Å²) in [5.74, 6) is 0.229. The fraction of sp³-hybridized carbons (Fsp3) is 0.500. The molecule has 1 atom stereocenters. The van der Waals surface area contributed by atoms with Crippen LogP contribution in [0.1, 0.15) is 48.5 Å². The highest BCUT2D eigenvalue weighted by atomic mass is 16.2. The molecule has 2 aromatic rings. The average molecular weight is 380 g/mol. The van der Waals surface area contributed by atoms with Crippen LogP contribution >= 0.6 is 0 Å². The molecule has 1 aromatic carbocycles. The summed E-state index contributed by atoms with van der Waals surface area (Å²) in [6, 6.07) is 10.1. The largest absolute Gasteiger partial charge is 0.342 e. The average Bonchev–Trinajstić information content (AvgIpc) is 3.34. The minimum absolute atomic E-state index is 0.0170. The van der Waals surface area contributed by atoms with E-state index in [9.17, 15) is 9.59 Å². The minimum atomic E-state index is -0.372. The number of piperidine rings is 1. The fourth-order valence-corrected chi connectivity index (χ4v) is 4.57. The summed E-state index contributed by atoms with van der Waals surface area (Å²) in [7, 11) is 0. The summed E-state index contributed by atoms with van der Waals surface area (Å²) in [6.45, 7) is 5.60. The Kier molecular flexibility index (Phi) is 5.20. The van der Waals surface area contributed by atoms with E-state index in [0.717, 1.165) is 44.3 Å². The van der Waals surface area contributed by atoms with E-state index >= 15 is 0 Å². The van der Waals surface area contributed by atoms with Gasteiger partial charge in [-0.3, -0.25) is 14.3 Å². The van der Waals surface area contributed by atoms with Crippen LogP contribution in [0.15, 0.2) is 42.7 Å². The molecule has 2 saturated heterocycles. The minimum Gasteiger partial charge on any atom is -0.342 e. The van der Waals surface area contributed by atoms with Gasteiger partial charge in [0.2, 0.25) is 5.91 Å². The number of aromatic nitrogens is 2. The lowest BCUT2D eigenvalue weighted by atomic mass is 9.78. The van der Waals surface area contributed by atoms with Crippen molar-refractivity contribution in [1.82, 2.24) is 19.6 Å². The van der Waals surface area contributed by atoms with Gasteiger partial charge in [0.1, 0.15) is 0 Å². The molecule has 2 aliphatic rings. The Balaban J connectivity index is 1.43. The van der Waals surface area contributed by atoms with E-state index < -0.39 is 0 Å². The first kappa shape index (κ1) is 18.7. The maximum absolute atomic E-state index is 13.0. The molecule has 1 spiro atoms. The summed E-state index contributed by atoms with van der Waals surface area (Å²) in [5.41, 5.74) is 1.37. The quantitative estimate of drug-likeness (QED) is 0.801. The Morgan fingerprint density at radius 1 is 1.18 bits per heavy atom. The summed E-state index contributed by atoms with van der Waals surface area (Å²) in [4.78, 5) is 29.9. The Morgan fingerprint density at radius 2 is 2.00 bits per heavy atom. The van der Waals surface area contributed by atoms with Crippen LogP contribution in [0.5, 0.6) is 0 Å². The van der Waals surface area contributed by atoms with Crippen molar-refractivity contribution in [3.63, 3.8) is 0 Å². The molecule has 2 aliphatic heterocycles. The van der Waals surface area contributed by atoms with Crippen molar-refractivity contribution >= 4 is 11.8 Å². The molecule has 4 rings (SSSR count). The van der Waals surface area contributed by atoms with Crippen molar-refractivity contribution in [2.24, 2.45) is 5.41 Å². The second-order valence-electron chi connectivity index (χ2n) is 8.06. The molecule has 1 aromatic heterocycles. The van der Waals surface area contributed by atoms with Gasteiger partial charge in [0.25, 0.3) is 5.91 Å². The third-order valence-electron chi connectivity index (χ3n) is 6.03. The molecular weight excluding hydrogens is 352 g/mol. The number of amides is 2. The molecule has 6 nitrogen and oxygen atoms in total. The van der Waals surface area contributed by atoms with E-state index in [4.69, 9.17) is 0 Å². The molecule has 0 unspecified atom stereocenters. The second kappa shape index (κ2) is 7.78. The SMILES string of the molecule is CCCN1CCC[C@]2(CCN(C(=O)c3cnn(Cc4ccccc4)c3)C2)C1=O. The predicted molar refractivity (Wildman–Crippen MR) is 107 cm³/mol. The number of carbonyl (C=O) groups excluding carboxylic acids is 2. The normalized spacial score (nSPS) is 22.2. The maximum atomic E-state index is 13.0. The van der Waals surface area contributed by atoms with Crippen molar-refractivity contribution in [2.45, 2.75) is 39.2 Å². The lowest BCUT2D eigenvalue weighted by Gasteiger charge is -2.39. The Labute approximate surface area is 166 Å². The summed E-state index contributed by atoms with van der Waals surface area (Å²) < 4.78 is 1.79. The molecule has 6 heteroatoms. The highest BCUT2D eigenvalue weighted by Crippen LogP contribution is 2.40. The van der Waals surface area contributed by atoms with Crippen LogP contribution in [0.3, 0.4) is 0 Å². The van der Waals surface area contributed by atoms with E-state index in [-0.39, 0.29) is 17.2 Å². The van der Waals surface area contributed by atoms with Crippen LogP contribution in [0.2, 0.25) is 0 Å². The zero-order chi connectivity index (χ0) is 19.6. The van der Waals surface area contributed by atoms with Gasteiger partial charge in [0.05, 0.1) is 23.7 Å². The van der Waals surface area contributed by atoms with Gasteiger partial charge >= 0.3 is 0 Å². The van der Waals surface area contributed by atoms with Gasteiger partial charge in [-0.1, -0.05) is 37.3 Å². The van der Waals surface area contributed by atoms with E-state index in [0.29, 0.717) is 25.2 Å². The Bertz CT molecular complexity index is 845. The molecule has 3 heterocycles. The molecule has 2 fully saturated rings. The highest BCUT2D eigenvalue weighted by Gasteiger charge is 2.49. The van der Waals surface area contributed by atoms with Crippen LogP contribution in [0.4, 0.5) is 0 Å². The summed E-state index contributed by atoms with van der Waals surface area (Å²) >= 11 is 0. The first-order valence-electron chi connectivity index (χ1n) is 10.3. The number of hydrogen-bond donors (Lipinski definition) is 0. The standard InChI is InChI=1S/C22H28N4O2/c1-2-11-24-12-6-9-22(21(24)28)10-13-25(17-22)20(27)19-14-23-26(16-19)15-18-7-4-3-5-8-18/h3-5,7-8,14,16H,2,6,9-13,15,17H2,1H3/t22-/m1/s1. The lowest BCUT2D eigenvalue weighted by Crippen LogP contribution is -2.50. The predicted octanol–water partition coefficient (Wildman–Crippen LogP) is 2.80. The van der Waals surface area contributed by atoms with Gasteiger partial charge in [0.15, 0.2) is 0 Å². The molecule has 28 heavy (non-hydrogen) atoms. The molecule has 0 N–H and O–H groups in total. The third-order valence-corrected chi connectivity index (χ3v) is 6.03. The zero-order valence-electron chi connectivity index (χ0n) is 16.5. The third kappa shape index (κ3) is 3.55. The number of rotatable bonds is 5. The van der Waals surface area contributed by atoms with Crippen LogP contribution in [0.25, 0.3) is 0 Å². The Morgan fingerprint density at radius 3 is 2.79 bits per heavy atom.